The van der Waals surface area contributed by atoms with E-state index in [0.717, 1.165) is 17.5 Å². The predicted molar refractivity (Wildman–Crippen MR) is 101 cm³/mol. The molecule has 0 spiro atoms. The average Bonchev–Trinajstić information content (AvgIpc) is 3.08. The largest absolute Gasteiger partial charge is 0.489 e. The molecule has 0 atom stereocenters. The number of amides is 1. The summed E-state index contributed by atoms with van der Waals surface area (Å²) in [5.74, 6) is -1.58. The molecule has 0 radical (unpaired) electrons. The molecule has 6 heteroatoms. The summed E-state index contributed by atoms with van der Waals surface area (Å²) in [6, 6.07) is 19.2. The monoisotopic (exact) mass is 379 g/mol. The highest BCUT2D eigenvalue weighted by Gasteiger charge is 2.22. The van der Waals surface area contributed by atoms with Gasteiger partial charge in [-0.1, -0.05) is 36.4 Å². The van der Waals surface area contributed by atoms with Crippen LogP contribution in [0.25, 0.3) is 11.0 Å². The Balaban J connectivity index is 1.66. The fraction of sp³-hybridized carbons (Fsp3) is 0.0455. The fourth-order valence-electron chi connectivity index (χ4n) is 2.87. The van der Waals surface area contributed by atoms with E-state index in [4.69, 9.17) is 9.15 Å². The summed E-state index contributed by atoms with van der Waals surface area (Å²) in [7, 11) is 0. The van der Waals surface area contributed by atoms with E-state index in [1.54, 1.807) is 24.3 Å². The summed E-state index contributed by atoms with van der Waals surface area (Å²) in [4.78, 5) is 12.7. The number of para-hydroxylation sites is 2. The van der Waals surface area contributed by atoms with Crippen LogP contribution in [0.15, 0.2) is 77.2 Å². The SMILES string of the molecule is O=C(Nc1ccc(F)cc1F)c1oc2ccccc2c1COc1ccccc1. The molecule has 0 aliphatic carbocycles. The second-order valence-corrected chi connectivity index (χ2v) is 6.09. The molecule has 4 aromatic rings. The van der Waals surface area contributed by atoms with Gasteiger partial charge in [-0.3, -0.25) is 4.79 Å². The molecule has 0 aliphatic heterocycles. The number of hydrogen-bond donors (Lipinski definition) is 1. The van der Waals surface area contributed by atoms with Crippen LogP contribution in [0.5, 0.6) is 5.75 Å². The van der Waals surface area contributed by atoms with Gasteiger partial charge in [-0.2, -0.15) is 0 Å². The molecule has 0 saturated heterocycles. The number of hydrogen-bond acceptors (Lipinski definition) is 3. The Bertz CT molecular complexity index is 1140. The number of fused-ring (bicyclic) bond motifs is 1. The van der Waals surface area contributed by atoms with Crippen LogP contribution in [0.3, 0.4) is 0 Å². The van der Waals surface area contributed by atoms with Crippen molar-refractivity contribution in [3.05, 3.63) is 95.8 Å². The third-order valence-electron chi connectivity index (χ3n) is 4.21. The number of anilines is 1. The summed E-state index contributed by atoms with van der Waals surface area (Å²) >= 11 is 0. The topological polar surface area (TPSA) is 51.5 Å². The Morgan fingerprint density at radius 3 is 2.50 bits per heavy atom. The van der Waals surface area contributed by atoms with Gasteiger partial charge in [0.1, 0.15) is 29.6 Å². The van der Waals surface area contributed by atoms with Gasteiger partial charge in [0.25, 0.3) is 5.91 Å². The molecule has 28 heavy (non-hydrogen) atoms. The Morgan fingerprint density at radius 2 is 1.71 bits per heavy atom. The minimum absolute atomic E-state index is 0.0147. The van der Waals surface area contributed by atoms with E-state index in [1.165, 1.54) is 0 Å². The zero-order valence-electron chi connectivity index (χ0n) is 14.6. The smallest absolute Gasteiger partial charge is 0.291 e. The molecule has 3 aromatic carbocycles. The zero-order chi connectivity index (χ0) is 19.5. The van der Waals surface area contributed by atoms with Crippen LogP contribution < -0.4 is 10.1 Å². The number of furan rings is 1. The number of benzene rings is 3. The highest BCUT2D eigenvalue weighted by Crippen LogP contribution is 2.28. The summed E-state index contributed by atoms with van der Waals surface area (Å²) in [5, 5.41) is 3.15. The molecule has 0 saturated carbocycles. The minimum atomic E-state index is -0.869. The molecule has 1 amide bonds. The first kappa shape index (κ1) is 17.7. The number of nitrogens with one attached hydrogen (secondary N) is 1. The second kappa shape index (κ2) is 7.52. The van der Waals surface area contributed by atoms with E-state index in [1.807, 2.05) is 30.3 Å². The molecule has 1 heterocycles. The molecule has 0 unspecified atom stereocenters. The second-order valence-electron chi connectivity index (χ2n) is 6.09. The maximum absolute atomic E-state index is 13.9. The molecular weight excluding hydrogens is 364 g/mol. The van der Waals surface area contributed by atoms with Crippen LogP contribution >= 0.6 is 0 Å². The lowest BCUT2D eigenvalue weighted by molar-refractivity contribution is 0.0995. The summed E-state index contributed by atoms with van der Waals surface area (Å²) in [6.45, 7) is 0.0929. The van der Waals surface area contributed by atoms with Crippen LogP contribution in [0.2, 0.25) is 0 Å². The lowest BCUT2D eigenvalue weighted by atomic mass is 10.1. The maximum atomic E-state index is 13.9. The molecule has 0 bridgehead atoms. The number of carbonyl (C=O) groups excluding carboxylic acids is 1. The normalized spacial score (nSPS) is 10.8. The van der Waals surface area contributed by atoms with Gasteiger partial charge in [0.2, 0.25) is 0 Å². The van der Waals surface area contributed by atoms with E-state index in [-0.39, 0.29) is 18.1 Å². The number of halogens is 2. The Kier molecular flexibility index (Phi) is 4.76. The van der Waals surface area contributed by atoms with Crippen molar-refractivity contribution in [1.82, 2.24) is 0 Å². The van der Waals surface area contributed by atoms with E-state index < -0.39 is 17.5 Å². The molecule has 4 nitrogen and oxygen atoms in total. The predicted octanol–water partition coefficient (Wildman–Crippen LogP) is 5.54. The quantitative estimate of drug-likeness (QED) is 0.495. The highest BCUT2D eigenvalue weighted by atomic mass is 19.1. The van der Waals surface area contributed by atoms with Gasteiger partial charge in [0.15, 0.2) is 5.76 Å². The molecule has 0 aliphatic rings. The van der Waals surface area contributed by atoms with Crippen LogP contribution in [0.1, 0.15) is 16.1 Å². The van der Waals surface area contributed by atoms with Crippen LogP contribution in [-0.4, -0.2) is 5.91 Å². The molecule has 1 N–H and O–H groups in total. The standard InChI is InChI=1S/C22H15F2NO3/c23-14-10-11-19(18(24)12-14)25-22(26)21-17(13-27-15-6-2-1-3-7-15)16-8-4-5-9-20(16)28-21/h1-12H,13H2,(H,25,26). The van der Waals surface area contributed by atoms with Crippen LogP contribution in [0, 0.1) is 11.6 Å². The van der Waals surface area contributed by atoms with Crippen molar-refractivity contribution in [2.24, 2.45) is 0 Å². The fourth-order valence-corrected chi connectivity index (χ4v) is 2.87. The molecule has 140 valence electrons. The van der Waals surface area contributed by atoms with Crippen molar-refractivity contribution in [2.75, 3.05) is 5.32 Å². The number of carbonyl (C=O) groups is 1. The van der Waals surface area contributed by atoms with Gasteiger partial charge < -0.3 is 14.5 Å². The third-order valence-corrected chi connectivity index (χ3v) is 4.21. The third kappa shape index (κ3) is 3.57. The molecule has 0 fully saturated rings. The van der Waals surface area contributed by atoms with Gasteiger partial charge in [-0.15, -0.1) is 0 Å². The number of rotatable bonds is 5. The van der Waals surface area contributed by atoms with Gasteiger partial charge in [0, 0.05) is 17.0 Å². The Hall–Kier alpha value is -3.67. The van der Waals surface area contributed by atoms with E-state index >= 15 is 0 Å². The highest BCUT2D eigenvalue weighted by molar-refractivity contribution is 6.06. The van der Waals surface area contributed by atoms with Gasteiger partial charge in [-0.25, -0.2) is 8.78 Å². The van der Waals surface area contributed by atoms with Crippen LogP contribution in [0.4, 0.5) is 14.5 Å². The van der Waals surface area contributed by atoms with E-state index in [0.29, 0.717) is 23.0 Å². The van der Waals surface area contributed by atoms with Crippen molar-refractivity contribution < 1.29 is 22.7 Å². The van der Waals surface area contributed by atoms with E-state index in [2.05, 4.69) is 5.32 Å². The van der Waals surface area contributed by atoms with Gasteiger partial charge in [-0.05, 0) is 30.3 Å². The Morgan fingerprint density at radius 1 is 0.964 bits per heavy atom. The van der Waals surface area contributed by atoms with Crippen molar-refractivity contribution in [3.8, 4) is 5.75 Å². The number of ether oxygens (including phenoxy) is 1. The lowest BCUT2D eigenvalue weighted by Gasteiger charge is -2.08. The van der Waals surface area contributed by atoms with Crippen LogP contribution in [-0.2, 0) is 6.61 Å². The molecular formula is C22H15F2NO3. The van der Waals surface area contributed by atoms with Crippen molar-refractivity contribution in [2.45, 2.75) is 6.61 Å². The first-order chi connectivity index (χ1) is 13.6. The zero-order valence-corrected chi connectivity index (χ0v) is 14.6. The Labute approximate surface area is 159 Å². The van der Waals surface area contributed by atoms with Crippen molar-refractivity contribution in [1.29, 1.82) is 0 Å². The van der Waals surface area contributed by atoms with Crippen molar-refractivity contribution in [3.63, 3.8) is 0 Å². The summed E-state index contributed by atoms with van der Waals surface area (Å²) in [6.07, 6.45) is 0. The first-order valence-electron chi connectivity index (χ1n) is 8.56. The maximum Gasteiger partial charge on any atom is 0.291 e. The summed E-state index contributed by atoms with van der Waals surface area (Å²) in [5.41, 5.74) is 0.917. The first-order valence-corrected chi connectivity index (χ1v) is 8.56. The average molecular weight is 379 g/mol. The summed E-state index contributed by atoms with van der Waals surface area (Å²) < 4.78 is 38.4. The molecule has 4 rings (SSSR count). The molecule has 1 aromatic heterocycles. The minimum Gasteiger partial charge on any atom is -0.489 e. The van der Waals surface area contributed by atoms with Gasteiger partial charge in [0.05, 0.1) is 5.69 Å². The van der Waals surface area contributed by atoms with Gasteiger partial charge >= 0.3 is 0 Å². The van der Waals surface area contributed by atoms with E-state index in [9.17, 15) is 13.6 Å². The van der Waals surface area contributed by atoms with Crippen molar-refractivity contribution >= 4 is 22.6 Å². The lowest BCUT2D eigenvalue weighted by Crippen LogP contribution is -2.15.